The van der Waals surface area contributed by atoms with Crippen molar-refractivity contribution in [1.29, 1.82) is 0 Å². The van der Waals surface area contributed by atoms with Gasteiger partial charge in [-0.05, 0) is 19.0 Å². The predicted octanol–water partition coefficient (Wildman–Crippen LogP) is 0.902. The Hall–Kier alpha value is -1.43. The van der Waals surface area contributed by atoms with Crippen molar-refractivity contribution >= 4 is 5.97 Å². The van der Waals surface area contributed by atoms with E-state index in [1.54, 1.807) is 0 Å². The Morgan fingerprint density at radius 2 is 2.05 bits per heavy atom. The van der Waals surface area contributed by atoms with Crippen molar-refractivity contribution in [2.45, 2.75) is 49.5 Å². The van der Waals surface area contributed by atoms with Crippen LogP contribution < -0.4 is 0 Å². The van der Waals surface area contributed by atoms with Gasteiger partial charge >= 0.3 is 5.97 Å². The van der Waals surface area contributed by atoms with Crippen LogP contribution in [0.15, 0.2) is 30.3 Å². The number of aliphatic hydroxyl groups is 2. The number of aliphatic hydroxyl groups excluding tert-OH is 2. The van der Waals surface area contributed by atoms with Gasteiger partial charge in [-0.15, -0.1) is 0 Å². The van der Waals surface area contributed by atoms with Crippen molar-refractivity contribution in [2.24, 2.45) is 0 Å². The van der Waals surface area contributed by atoms with E-state index in [2.05, 4.69) is 4.90 Å². The van der Waals surface area contributed by atoms with E-state index in [0.29, 0.717) is 6.42 Å². The maximum atomic E-state index is 12.4. The zero-order chi connectivity index (χ0) is 15.7. The van der Waals surface area contributed by atoms with Crippen molar-refractivity contribution in [3.05, 3.63) is 35.9 Å². The molecule has 2 fully saturated rings. The topological polar surface area (TPSA) is 70.0 Å². The molecule has 5 heteroatoms. The molecule has 5 nitrogen and oxygen atoms in total. The highest BCUT2D eigenvalue weighted by atomic mass is 16.5. The van der Waals surface area contributed by atoms with Gasteiger partial charge in [0.2, 0.25) is 0 Å². The van der Waals surface area contributed by atoms with Gasteiger partial charge in [0, 0.05) is 24.9 Å². The molecule has 3 rings (SSSR count). The quantitative estimate of drug-likeness (QED) is 0.809. The van der Waals surface area contributed by atoms with Crippen molar-refractivity contribution in [3.8, 4) is 0 Å². The van der Waals surface area contributed by atoms with Gasteiger partial charge in [0.15, 0.2) is 0 Å². The molecular weight excluding hydrogens is 282 g/mol. The third-order valence-corrected chi connectivity index (χ3v) is 5.05. The van der Waals surface area contributed by atoms with Crippen LogP contribution in [0.2, 0.25) is 0 Å². The highest BCUT2D eigenvalue weighted by molar-refractivity contribution is 5.78. The number of likely N-dealkylation sites (N-methyl/N-ethyl adjacent to an activating group) is 1. The molecule has 0 saturated carbocycles. The molecule has 1 aromatic rings. The van der Waals surface area contributed by atoms with E-state index in [0.717, 1.165) is 18.4 Å². The lowest BCUT2D eigenvalue weighted by Gasteiger charge is -2.36. The molecule has 2 bridgehead atoms. The minimum Gasteiger partial charge on any atom is -0.462 e. The van der Waals surface area contributed by atoms with Gasteiger partial charge < -0.3 is 14.9 Å². The van der Waals surface area contributed by atoms with Crippen LogP contribution in [0.1, 0.15) is 30.7 Å². The molecule has 120 valence electrons. The van der Waals surface area contributed by atoms with Crippen molar-refractivity contribution in [1.82, 2.24) is 4.90 Å². The smallest absolute Gasteiger partial charge is 0.316 e. The number of hydrogen-bond acceptors (Lipinski definition) is 5. The molecule has 2 saturated heterocycles. The number of nitrogens with zero attached hydrogens (tertiary/aromatic N) is 1. The standard InChI is InChI=1S/C17H23NO4/c1-18-12-7-13(9-15(18)16(20)8-12)22-17(21)14(10-19)11-5-3-2-4-6-11/h2-6,12-16,19-20H,7-10H2,1H3/t12-,13+,14?,15+,16-/m0/s1. The van der Waals surface area contributed by atoms with Gasteiger partial charge in [-0.25, -0.2) is 0 Å². The van der Waals surface area contributed by atoms with Crippen molar-refractivity contribution in [2.75, 3.05) is 13.7 Å². The highest BCUT2D eigenvalue weighted by Gasteiger charge is 2.45. The summed E-state index contributed by atoms with van der Waals surface area (Å²) in [6.07, 6.45) is 1.66. The summed E-state index contributed by atoms with van der Waals surface area (Å²) in [6, 6.07) is 9.56. The van der Waals surface area contributed by atoms with Crippen LogP contribution in [0.5, 0.6) is 0 Å². The predicted molar refractivity (Wildman–Crippen MR) is 81.3 cm³/mol. The zero-order valence-corrected chi connectivity index (χ0v) is 12.8. The number of piperidine rings is 1. The summed E-state index contributed by atoms with van der Waals surface area (Å²) in [5, 5.41) is 19.6. The van der Waals surface area contributed by atoms with E-state index < -0.39 is 5.92 Å². The van der Waals surface area contributed by atoms with Crippen LogP contribution in [0.3, 0.4) is 0 Å². The van der Waals surface area contributed by atoms with Crippen molar-refractivity contribution in [3.63, 3.8) is 0 Å². The van der Waals surface area contributed by atoms with Crippen LogP contribution >= 0.6 is 0 Å². The van der Waals surface area contributed by atoms with Gasteiger partial charge in [-0.1, -0.05) is 30.3 Å². The molecule has 0 spiro atoms. The normalized spacial score (nSPS) is 32.7. The molecule has 5 atom stereocenters. The summed E-state index contributed by atoms with van der Waals surface area (Å²) in [7, 11) is 2.02. The molecule has 0 amide bonds. The zero-order valence-electron chi connectivity index (χ0n) is 12.8. The lowest BCUT2D eigenvalue weighted by molar-refractivity contribution is -0.155. The number of fused-ring (bicyclic) bond motifs is 2. The largest absolute Gasteiger partial charge is 0.462 e. The van der Waals surface area contributed by atoms with Crippen LogP contribution in [0.25, 0.3) is 0 Å². The van der Waals surface area contributed by atoms with Gasteiger partial charge in [-0.3, -0.25) is 9.69 Å². The monoisotopic (exact) mass is 305 g/mol. The van der Waals surface area contributed by atoms with Crippen LogP contribution in [-0.2, 0) is 9.53 Å². The molecule has 2 heterocycles. The molecule has 2 aliphatic rings. The minimum atomic E-state index is -0.636. The molecule has 1 aromatic carbocycles. The Bertz CT molecular complexity index is 521. The third-order valence-electron chi connectivity index (χ3n) is 5.05. The number of carbonyl (C=O) groups is 1. The maximum absolute atomic E-state index is 12.4. The van der Waals surface area contributed by atoms with E-state index in [-0.39, 0.29) is 36.9 Å². The maximum Gasteiger partial charge on any atom is 0.316 e. The fraction of sp³-hybridized carbons (Fsp3) is 0.588. The number of rotatable bonds is 4. The SMILES string of the molecule is CN1[C@H]2C[C@@H](OC(=O)C(CO)c3ccccc3)C[C@@H]1[C@@H](O)C2. The molecule has 0 aromatic heterocycles. The molecule has 22 heavy (non-hydrogen) atoms. The van der Waals surface area contributed by atoms with Crippen molar-refractivity contribution < 1.29 is 19.7 Å². The van der Waals surface area contributed by atoms with E-state index in [4.69, 9.17) is 4.74 Å². The van der Waals surface area contributed by atoms with Gasteiger partial charge in [0.25, 0.3) is 0 Å². The average molecular weight is 305 g/mol. The first-order valence-electron chi connectivity index (χ1n) is 7.86. The average Bonchev–Trinajstić information content (AvgIpc) is 2.68. The Kier molecular flexibility index (Phi) is 4.47. The number of carbonyl (C=O) groups excluding carboxylic acids is 1. The lowest BCUT2D eigenvalue weighted by atomic mass is 9.98. The lowest BCUT2D eigenvalue weighted by Crippen LogP contribution is -2.45. The fourth-order valence-electron chi connectivity index (χ4n) is 3.74. The second-order valence-electron chi connectivity index (χ2n) is 6.37. The van der Waals surface area contributed by atoms with Crippen LogP contribution in [-0.4, -0.2) is 59.0 Å². The highest BCUT2D eigenvalue weighted by Crippen LogP contribution is 2.36. The van der Waals surface area contributed by atoms with E-state index in [1.165, 1.54) is 0 Å². The van der Waals surface area contributed by atoms with E-state index in [9.17, 15) is 15.0 Å². The molecule has 1 unspecified atom stereocenters. The number of ether oxygens (including phenoxy) is 1. The number of esters is 1. The summed E-state index contributed by atoms with van der Waals surface area (Å²) in [5.74, 6) is -1.01. The van der Waals surface area contributed by atoms with E-state index >= 15 is 0 Å². The Morgan fingerprint density at radius 1 is 1.32 bits per heavy atom. The minimum absolute atomic E-state index is 0.0702. The summed E-state index contributed by atoms with van der Waals surface area (Å²) >= 11 is 0. The molecule has 0 aliphatic carbocycles. The first-order chi connectivity index (χ1) is 10.6. The Morgan fingerprint density at radius 3 is 2.68 bits per heavy atom. The molecular formula is C17H23NO4. The Balaban J connectivity index is 1.65. The Labute approximate surface area is 130 Å². The van der Waals surface area contributed by atoms with Gasteiger partial charge in [0.05, 0.1) is 12.7 Å². The summed E-state index contributed by atoms with van der Waals surface area (Å²) in [4.78, 5) is 14.6. The second-order valence-corrected chi connectivity index (χ2v) is 6.37. The number of hydrogen-bond donors (Lipinski definition) is 2. The number of benzene rings is 1. The summed E-state index contributed by atoms with van der Waals surface area (Å²) < 4.78 is 5.64. The summed E-state index contributed by atoms with van der Waals surface area (Å²) in [5.41, 5.74) is 0.769. The third kappa shape index (κ3) is 2.89. The molecule has 2 N–H and O–H groups in total. The van der Waals surface area contributed by atoms with Crippen LogP contribution in [0.4, 0.5) is 0 Å². The molecule has 2 aliphatic heterocycles. The van der Waals surface area contributed by atoms with E-state index in [1.807, 2.05) is 37.4 Å². The second kappa shape index (κ2) is 6.36. The molecule has 0 radical (unpaired) electrons. The first kappa shape index (κ1) is 15.5. The fourth-order valence-corrected chi connectivity index (χ4v) is 3.74. The van der Waals surface area contributed by atoms with Crippen LogP contribution in [0, 0.1) is 0 Å². The first-order valence-corrected chi connectivity index (χ1v) is 7.86. The summed E-state index contributed by atoms with van der Waals surface area (Å²) in [6.45, 7) is -0.259. The van der Waals surface area contributed by atoms with Gasteiger partial charge in [0.1, 0.15) is 12.0 Å². The van der Waals surface area contributed by atoms with Gasteiger partial charge in [-0.2, -0.15) is 0 Å².